The van der Waals surface area contributed by atoms with E-state index in [1.54, 1.807) is 24.3 Å². The number of nitrogens with one attached hydrogen (secondary N) is 3. The molecule has 0 aliphatic rings. The fourth-order valence-corrected chi connectivity index (χ4v) is 3.42. The first-order valence-electron chi connectivity index (χ1n) is 10.5. The van der Waals surface area contributed by atoms with Crippen molar-refractivity contribution in [1.82, 2.24) is 10.5 Å². The van der Waals surface area contributed by atoms with Gasteiger partial charge in [0, 0.05) is 23.1 Å². The molecule has 4 aromatic rings. The first-order chi connectivity index (χ1) is 15.9. The van der Waals surface area contributed by atoms with Crippen LogP contribution < -0.4 is 10.6 Å². The summed E-state index contributed by atoms with van der Waals surface area (Å²) < 4.78 is 20.1. The van der Waals surface area contributed by atoms with Crippen LogP contribution in [0.15, 0.2) is 83.4 Å². The highest BCUT2D eigenvalue weighted by Crippen LogP contribution is 2.30. The van der Waals surface area contributed by atoms with Crippen LogP contribution >= 0.6 is 0 Å². The van der Waals surface area contributed by atoms with E-state index in [9.17, 15) is 9.18 Å². The second kappa shape index (κ2) is 9.48. The molecule has 0 saturated carbocycles. The molecule has 0 fully saturated rings. The summed E-state index contributed by atoms with van der Waals surface area (Å²) in [6, 6.07) is 23.1. The number of benzene rings is 3. The van der Waals surface area contributed by atoms with Gasteiger partial charge in [0.2, 0.25) is 5.96 Å². The fraction of sp³-hybridized carbons (Fsp3) is 0.115. The highest BCUT2D eigenvalue weighted by molar-refractivity contribution is 6.08. The Hall–Kier alpha value is -4.26. The molecule has 7 heteroatoms. The van der Waals surface area contributed by atoms with Gasteiger partial charge in [-0.2, -0.15) is 0 Å². The maximum atomic E-state index is 14.7. The van der Waals surface area contributed by atoms with E-state index in [-0.39, 0.29) is 23.5 Å². The van der Waals surface area contributed by atoms with Crippen LogP contribution in [0.2, 0.25) is 0 Å². The lowest BCUT2D eigenvalue weighted by molar-refractivity contribution is 0.0977. The number of carbonyl (C=O) groups excluding carboxylic acids is 1. The predicted molar refractivity (Wildman–Crippen MR) is 126 cm³/mol. The molecule has 6 nitrogen and oxygen atoms in total. The molecule has 1 unspecified atom stereocenters. The van der Waals surface area contributed by atoms with Gasteiger partial charge in [-0.25, -0.2) is 4.39 Å². The molecule has 0 aliphatic carbocycles. The number of halogens is 1. The third-order valence-electron chi connectivity index (χ3n) is 5.34. The second-order valence-electron chi connectivity index (χ2n) is 7.76. The van der Waals surface area contributed by atoms with E-state index < -0.39 is 5.91 Å². The molecule has 0 radical (unpaired) electrons. The summed E-state index contributed by atoms with van der Waals surface area (Å²) in [4.78, 5) is 12.2. The van der Waals surface area contributed by atoms with Gasteiger partial charge in [0.05, 0.1) is 0 Å². The van der Waals surface area contributed by atoms with Crippen LogP contribution in [-0.2, 0) is 0 Å². The van der Waals surface area contributed by atoms with Crippen molar-refractivity contribution >= 4 is 17.7 Å². The molecule has 33 heavy (non-hydrogen) atoms. The number of anilines is 1. The van der Waals surface area contributed by atoms with Crippen molar-refractivity contribution < 1.29 is 13.7 Å². The molecule has 1 amide bonds. The molecule has 1 atom stereocenters. The van der Waals surface area contributed by atoms with Crippen LogP contribution in [0, 0.1) is 18.2 Å². The summed E-state index contributed by atoms with van der Waals surface area (Å²) >= 11 is 0. The maximum Gasteiger partial charge on any atom is 0.257 e. The van der Waals surface area contributed by atoms with Crippen LogP contribution in [-0.4, -0.2) is 17.0 Å². The topological polar surface area (TPSA) is 91.0 Å². The maximum absolute atomic E-state index is 14.7. The summed E-state index contributed by atoms with van der Waals surface area (Å²) in [6.45, 7) is 3.81. The van der Waals surface area contributed by atoms with Crippen molar-refractivity contribution in [2.24, 2.45) is 0 Å². The zero-order valence-corrected chi connectivity index (χ0v) is 18.2. The SMILES string of the molecule is Cc1ccc(C(=O)NC(=N)Nc2cc(C(C)c3ccc(-c4ccccc4)c(F)c3)on2)cc1. The van der Waals surface area contributed by atoms with Gasteiger partial charge in [-0.15, -0.1) is 0 Å². The highest BCUT2D eigenvalue weighted by Gasteiger charge is 2.18. The Kier molecular flexibility index (Phi) is 6.31. The molecule has 4 rings (SSSR count). The quantitative estimate of drug-likeness (QED) is 0.272. The molecule has 0 spiro atoms. The van der Waals surface area contributed by atoms with Gasteiger partial charge >= 0.3 is 0 Å². The number of guanidine groups is 1. The van der Waals surface area contributed by atoms with Crippen LogP contribution in [0.3, 0.4) is 0 Å². The van der Waals surface area contributed by atoms with Crippen molar-refractivity contribution in [3.8, 4) is 11.1 Å². The molecule has 1 aromatic heterocycles. The lowest BCUT2D eigenvalue weighted by Crippen LogP contribution is -2.35. The van der Waals surface area contributed by atoms with Crippen LogP contribution in [0.4, 0.5) is 10.2 Å². The Bertz CT molecular complexity index is 1280. The number of rotatable bonds is 5. The smallest absolute Gasteiger partial charge is 0.257 e. The fourth-order valence-electron chi connectivity index (χ4n) is 3.42. The highest BCUT2D eigenvalue weighted by atomic mass is 19.1. The summed E-state index contributed by atoms with van der Waals surface area (Å²) in [7, 11) is 0. The van der Waals surface area contributed by atoms with Gasteiger partial charge in [-0.1, -0.05) is 72.2 Å². The van der Waals surface area contributed by atoms with Crippen molar-refractivity contribution in [1.29, 1.82) is 5.41 Å². The van der Waals surface area contributed by atoms with E-state index >= 15 is 0 Å². The Balaban J connectivity index is 1.41. The molecular formula is C26H23FN4O2. The van der Waals surface area contributed by atoms with E-state index in [4.69, 9.17) is 9.93 Å². The number of hydrogen-bond donors (Lipinski definition) is 3. The second-order valence-corrected chi connectivity index (χ2v) is 7.76. The van der Waals surface area contributed by atoms with E-state index in [1.807, 2.05) is 62.4 Å². The minimum atomic E-state index is -0.404. The number of hydrogen-bond acceptors (Lipinski definition) is 4. The van der Waals surface area contributed by atoms with Crippen molar-refractivity contribution in [3.05, 3.63) is 107 Å². The summed E-state index contributed by atoms with van der Waals surface area (Å²) in [5.74, 6) is -0.438. The van der Waals surface area contributed by atoms with Gasteiger partial charge in [0.15, 0.2) is 5.82 Å². The van der Waals surface area contributed by atoms with Crippen LogP contribution in [0.5, 0.6) is 0 Å². The van der Waals surface area contributed by atoms with Crippen molar-refractivity contribution in [2.75, 3.05) is 5.32 Å². The van der Waals surface area contributed by atoms with Crippen LogP contribution in [0.25, 0.3) is 11.1 Å². The lowest BCUT2D eigenvalue weighted by Gasteiger charge is -2.11. The normalized spacial score (nSPS) is 11.6. The molecule has 0 bridgehead atoms. The minimum absolute atomic E-state index is 0.230. The zero-order chi connectivity index (χ0) is 23.4. The average Bonchev–Trinajstić information content (AvgIpc) is 3.27. The van der Waals surface area contributed by atoms with E-state index in [0.29, 0.717) is 16.9 Å². The Labute approximate surface area is 191 Å². The van der Waals surface area contributed by atoms with Gasteiger partial charge in [0.1, 0.15) is 11.6 Å². The number of aromatic nitrogens is 1. The van der Waals surface area contributed by atoms with Crippen LogP contribution in [0.1, 0.15) is 40.1 Å². The van der Waals surface area contributed by atoms with Gasteiger partial charge in [-0.3, -0.25) is 15.5 Å². The summed E-state index contributed by atoms with van der Waals surface area (Å²) in [5.41, 5.74) is 3.56. The van der Waals surface area contributed by atoms with Crippen molar-refractivity contribution in [2.45, 2.75) is 19.8 Å². The number of aryl methyl sites for hydroxylation is 1. The molecule has 166 valence electrons. The van der Waals surface area contributed by atoms with Crippen molar-refractivity contribution in [3.63, 3.8) is 0 Å². The molecule has 3 aromatic carbocycles. The van der Waals surface area contributed by atoms with E-state index in [1.165, 1.54) is 6.07 Å². The first kappa shape index (κ1) is 22.0. The molecule has 0 aliphatic heterocycles. The Morgan fingerprint density at radius 2 is 1.76 bits per heavy atom. The molecule has 1 heterocycles. The van der Waals surface area contributed by atoms with E-state index in [2.05, 4.69) is 15.8 Å². The zero-order valence-electron chi connectivity index (χ0n) is 18.2. The van der Waals surface area contributed by atoms with Gasteiger partial charge in [0.25, 0.3) is 5.91 Å². The monoisotopic (exact) mass is 442 g/mol. The van der Waals surface area contributed by atoms with Gasteiger partial charge in [-0.05, 0) is 36.2 Å². The summed E-state index contributed by atoms with van der Waals surface area (Å²) in [5, 5.41) is 17.1. The molecular weight excluding hydrogens is 419 g/mol. The third-order valence-corrected chi connectivity index (χ3v) is 5.34. The lowest BCUT2D eigenvalue weighted by atomic mass is 9.95. The largest absolute Gasteiger partial charge is 0.359 e. The Morgan fingerprint density at radius 1 is 1.03 bits per heavy atom. The molecule has 0 saturated heterocycles. The third kappa shape index (κ3) is 5.15. The average molecular weight is 442 g/mol. The predicted octanol–water partition coefficient (Wildman–Crippen LogP) is 5.72. The number of carbonyl (C=O) groups is 1. The van der Waals surface area contributed by atoms with E-state index in [0.717, 1.165) is 16.7 Å². The Morgan fingerprint density at radius 3 is 2.45 bits per heavy atom. The molecule has 3 N–H and O–H groups in total. The summed E-state index contributed by atoms with van der Waals surface area (Å²) in [6.07, 6.45) is 0. The first-order valence-corrected chi connectivity index (χ1v) is 10.5. The van der Waals surface area contributed by atoms with Gasteiger partial charge < -0.3 is 9.84 Å². The number of nitrogens with zero attached hydrogens (tertiary/aromatic N) is 1. The minimum Gasteiger partial charge on any atom is -0.359 e. The number of amides is 1. The standard InChI is InChI=1S/C26H23FN4O2/c1-16-8-10-19(11-9-16)25(32)30-26(28)29-24-15-23(33-31-24)17(2)20-12-13-21(22(27)14-20)18-6-4-3-5-7-18/h3-15,17H,1-2H3,(H3,28,29,30,31,32).